The lowest BCUT2D eigenvalue weighted by atomic mass is 10.1. The van der Waals surface area contributed by atoms with Crippen molar-refractivity contribution in [1.82, 2.24) is 0 Å². The number of carbonyl (C=O) groups excluding carboxylic acids is 3. The highest BCUT2D eigenvalue weighted by Gasteiger charge is 2.12. The number of aryl methyl sites for hydroxylation is 1. The van der Waals surface area contributed by atoms with Gasteiger partial charge in [-0.2, -0.15) is 5.26 Å². The maximum absolute atomic E-state index is 12.6. The summed E-state index contributed by atoms with van der Waals surface area (Å²) in [6.07, 6.45) is 3.16. The molecule has 0 aromatic heterocycles. The fourth-order valence-corrected chi connectivity index (χ4v) is 3.08. The Morgan fingerprint density at radius 1 is 0.889 bits per heavy atom. The topological polar surface area (TPSA) is 105 Å². The molecule has 1 N–H and O–H groups in total. The number of carbonyl (C=O) groups is 3. The molecule has 0 unspecified atom stereocenters. The van der Waals surface area contributed by atoms with Crippen molar-refractivity contribution in [2.24, 2.45) is 0 Å². The molecule has 0 radical (unpaired) electrons. The number of anilines is 1. The summed E-state index contributed by atoms with van der Waals surface area (Å²) < 4.78 is 10.5. The number of hydrogen-bond donors (Lipinski definition) is 1. The van der Waals surface area contributed by atoms with Crippen LogP contribution >= 0.6 is 0 Å². The predicted molar refractivity (Wildman–Crippen MR) is 136 cm³/mol. The van der Waals surface area contributed by atoms with E-state index in [0.29, 0.717) is 34.7 Å². The van der Waals surface area contributed by atoms with Gasteiger partial charge in [-0.05, 0) is 73.5 Å². The fourth-order valence-electron chi connectivity index (χ4n) is 3.08. The van der Waals surface area contributed by atoms with E-state index in [1.54, 1.807) is 60.7 Å². The van der Waals surface area contributed by atoms with Crippen LogP contribution in [0.5, 0.6) is 5.75 Å². The third kappa shape index (κ3) is 7.40. The van der Waals surface area contributed by atoms with Gasteiger partial charge < -0.3 is 14.8 Å². The van der Waals surface area contributed by atoms with Gasteiger partial charge in [0.1, 0.15) is 17.4 Å². The molecule has 182 valence electrons. The molecule has 0 saturated carbocycles. The predicted octanol–water partition coefficient (Wildman–Crippen LogP) is 5.72. The lowest BCUT2D eigenvalue weighted by Crippen LogP contribution is -2.13. The molecule has 36 heavy (non-hydrogen) atoms. The minimum absolute atomic E-state index is 0.109. The fraction of sp³-hybridized carbons (Fsp3) is 0.172. The van der Waals surface area contributed by atoms with Gasteiger partial charge in [0.25, 0.3) is 5.91 Å². The van der Waals surface area contributed by atoms with E-state index in [4.69, 9.17) is 9.47 Å². The molecule has 0 aliphatic carbocycles. The van der Waals surface area contributed by atoms with E-state index >= 15 is 0 Å². The zero-order valence-corrected chi connectivity index (χ0v) is 20.1. The normalized spacial score (nSPS) is 10.8. The van der Waals surface area contributed by atoms with Crippen LogP contribution in [0.4, 0.5) is 5.69 Å². The molecule has 0 aliphatic heterocycles. The second-order valence-corrected chi connectivity index (χ2v) is 8.02. The number of benzene rings is 3. The Morgan fingerprint density at radius 3 is 2.11 bits per heavy atom. The molecule has 3 aromatic carbocycles. The first-order valence-corrected chi connectivity index (χ1v) is 11.5. The molecule has 0 heterocycles. The van der Waals surface area contributed by atoms with Crippen molar-refractivity contribution in [3.8, 4) is 11.8 Å². The summed E-state index contributed by atoms with van der Waals surface area (Å²) in [6.45, 7) is 4.30. The number of nitrogens with zero attached hydrogens (tertiary/aromatic N) is 1. The maximum atomic E-state index is 12.6. The van der Waals surface area contributed by atoms with Crippen molar-refractivity contribution in [3.05, 3.63) is 101 Å². The van der Waals surface area contributed by atoms with Gasteiger partial charge in [0, 0.05) is 5.69 Å². The molecular weight excluding hydrogens is 456 g/mol. The average Bonchev–Trinajstić information content (AvgIpc) is 2.89. The van der Waals surface area contributed by atoms with Crippen molar-refractivity contribution < 1.29 is 23.9 Å². The first kappa shape index (κ1) is 25.9. The van der Waals surface area contributed by atoms with Crippen LogP contribution < -0.4 is 10.1 Å². The molecule has 0 fully saturated rings. The Hall–Kier alpha value is -4.70. The van der Waals surface area contributed by atoms with E-state index in [0.717, 1.165) is 18.4 Å². The van der Waals surface area contributed by atoms with Crippen LogP contribution in [-0.4, -0.2) is 24.5 Å². The van der Waals surface area contributed by atoms with Gasteiger partial charge in [-0.3, -0.25) is 4.79 Å². The Morgan fingerprint density at radius 2 is 1.50 bits per heavy atom. The zero-order valence-electron chi connectivity index (χ0n) is 20.1. The summed E-state index contributed by atoms with van der Waals surface area (Å²) in [6, 6.07) is 21.6. The standard InChI is InChI=1S/C29H26N2O5/c1-3-4-17-35-28(33)22-11-13-25(14-12-22)31-27(32)24(19-30)18-21-7-15-26(16-8-21)36-29(34)23-9-5-20(2)6-10-23/h5-16,18H,3-4,17H2,1-2H3,(H,31,32)/b24-18+. The van der Waals surface area contributed by atoms with Crippen molar-refractivity contribution in [2.45, 2.75) is 26.7 Å². The zero-order chi connectivity index (χ0) is 25.9. The van der Waals surface area contributed by atoms with E-state index in [9.17, 15) is 19.6 Å². The summed E-state index contributed by atoms with van der Waals surface area (Å²) >= 11 is 0. The second kappa shape index (κ2) is 12.7. The molecule has 0 aliphatic rings. The third-order valence-electron chi connectivity index (χ3n) is 5.16. The van der Waals surface area contributed by atoms with Crippen molar-refractivity contribution >= 4 is 29.6 Å². The van der Waals surface area contributed by atoms with Crippen molar-refractivity contribution in [3.63, 3.8) is 0 Å². The molecule has 7 nitrogen and oxygen atoms in total. The first-order chi connectivity index (χ1) is 17.4. The number of nitriles is 1. The molecule has 7 heteroatoms. The molecule has 3 aromatic rings. The Kier molecular flexibility index (Phi) is 9.12. The number of nitrogens with one attached hydrogen (secondary N) is 1. The monoisotopic (exact) mass is 482 g/mol. The smallest absolute Gasteiger partial charge is 0.343 e. The number of hydrogen-bond acceptors (Lipinski definition) is 6. The van der Waals surface area contributed by atoms with Crippen LogP contribution in [0.25, 0.3) is 6.08 Å². The van der Waals surface area contributed by atoms with Crippen LogP contribution in [0.15, 0.2) is 78.4 Å². The van der Waals surface area contributed by atoms with Crippen LogP contribution in [0.3, 0.4) is 0 Å². The SMILES string of the molecule is CCCCOC(=O)c1ccc(NC(=O)/C(C#N)=C/c2ccc(OC(=O)c3ccc(C)cc3)cc2)cc1. The number of amides is 1. The van der Waals surface area contributed by atoms with Crippen LogP contribution in [0.2, 0.25) is 0 Å². The second-order valence-electron chi connectivity index (χ2n) is 8.02. The lowest BCUT2D eigenvalue weighted by Gasteiger charge is -2.07. The van der Waals surface area contributed by atoms with Gasteiger partial charge in [0.15, 0.2) is 0 Å². The van der Waals surface area contributed by atoms with E-state index in [2.05, 4.69) is 5.32 Å². The van der Waals surface area contributed by atoms with Gasteiger partial charge in [-0.15, -0.1) is 0 Å². The van der Waals surface area contributed by atoms with E-state index < -0.39 is 17.8 Å². The molecule has 0 spiro atoms. The van der Waals surface area contributed by atoms with Crippen LogP contribution in [0.1, 0.15) is 51.6 Å². The molecule has 0 atom stereocenters. The lowest BCUT2D eigenvalue weighted by molar-refractivity contribution is -0.112. The number of esters is 2. The van der Waals surface area contributed by atoms with Gasteiger partial charge >= 0.3 is 11.9 Å². The van der Waals surface area contributed by atoms with E-state index in [1.165, 1.54) is 6.08 Å². The number of ether oxygens (including phenoxy) is 2. The molecule has 1 amide bonds. The quantitative estimate of drug-likeness (QED) is 0.138. The first-order valence-electron chi connectivity index (χ1n) is 11.5. The van der Waals surface area contributed by atoms with Crippen LogP contribution in [-0.2, 0) is 9.53 Å². The van der Waals surface area contributed by atoms with Crippen molar-refractivity contribution in [1.29, 1.82) is 5.26 Å². The summed E-state index contributed by atoms with van der Waals surface area (Å²) in [5.74, 6) is -1.15. The highest BCUT2D eigenvalue weighted by molar-refractivity contribution is 6.09. The molecular formula is C29H26N2O5. The summed E-state index contributed by atoms with van der Waals surface area (Å²) in [5.41, 5.74) is 2.77. The molecule has 0 saturated heterocycles. The average molecular weight is 483 g/mol. The minimum atomic E-state index is -0.592. The van der Waals surface area contributed by atoms with Gasteiger partial charge in [0.2, 0.25) is 0 Å². The van der Waals surface area contributed by atoms with Crippen LogP contribution in [0, 0.1) is 18.3 Å². The van der Waals surface area contributed by atoms with E-state index in [1.807, 2.05) is 32.0 Å². The number of rotatable bonds is 9. The summed E-state index contributed by atoms with van der Waals surface area (Å²) in [7, 11) is 0. The van der Waals surface area contributed by atoms with Gasteiger partial charge in [0.05, 0.1) is 17.7 Å². The Balaban J connectivity index is 1.60. The maximum Gasteiger partial charge on any atom is 0.343 e. The van der Waals surface area contributed by atoms with Crippen molar-refractivity contribution in [2.75, 3.05) is 11.9 Å². The van der Waals surface area contributed by atoms with Gasteiger partial charge in [-0.25, -0.2) is 9.59 Å². The third-order valence-corrected chi connectivity index (χ3v) is 5.16. The Bertz CT molecular complexity index is 1290. The largest absolute Gasteiger partial charge is 0.462 e. The summed E-state index contributed by atoms with van der Waals surface area (Å²) in [5, 5.41) is 12.1. The number of unbranched alkanes of at least 4 members (excludes halogenated alkanes) is 1. The minimum Gasteiger partial charge on any atom is -0.462 e. The molecule has 0 bridgehead atoms. The van der Waals surface area contributed by atoms with Gasteiger partial charge in [-0.1, -0.05) is 43.2 Å². The van der Waals surface area contributed by atoms with E-state index in [-0.39, 0.29) is 5.57 Å². The highest BCUT2D eigenvalue weighted by Crippen LogP contribution is 2.18. The summed E-state index contributed by atoms with van der Waals surface area (Å²) in [4.78, 5) is 36.8. The Labute approximate surface area is 210 Å². The highest BCUT2D eigenvalue weighted by atomic mass is 16.5. The molecule has 3 rings (SSSR count).